The molecule has 2 heterocycles. The Morgan fingerprint density at radius 1 is 1.06 bits per heavy atom. The first kappa shape index (κ1) is 22.8. The lowest BCUT2D eigenvalue weighted by molar-refractivity contribution is -0.137. The molecule has 1 fully saturated rings. The Morgan fingerprint density at radius 3 is 2.32 bits per heavy atom. The minimum absolute atomic E-state index is 0.0452. The van der Waals surface area contributed by atoms with Crippen molar-refractivity contribution in [2.75, 3.05) is 20.1 Å². The Hall–Kier alpha value is -2.89. The lowest BCUT2D eigenvalue weighted by Gasteiger charge is -2.36. The largest absolute Gasteiger partial charge is 0.336 e. The fourth-order valence-electron chi connectivity index (χ4n) is 4.30. The average molecular weight is 423 g/mol. The molecule has 1 atom stereocenters. The van der Waals surface area contributed by atoms with Crippen molar-refractivity contribution in [2.24, 2.45) is 5.92 Å². The Morgan fingerprint density at radius 2 is 1.71 bits per heavy atom. The number of hydrogen-bond acceptors (Lipinski definition) is 3. The van der Waals surface area contributed by atoms with Crippen molar-refractivity contribution in [2.45, 2.75) is 52.6 Å². The van der Waals surface area contributed by atoms with Crippen LogP contribution in [0.25, 0.3) is 0 Å². The van der Waals surface area contributed by atoms with Crippen molar-refractivity contribution in [3.8, 4) is 0 Å². The van der Waals surface area contributed by atoms with Gasteiger partial charge in [-0.05, 0) is 63.3 Å². The number of amides is 3. The van der Waals surface area contributed by atoms with Crippen molar-refractivity contribution < 1.29 is 9.59 Å². The van der Waals surface area contributed by atoms with Crippen LogP contribution in [0.3, 0.4) is 0 Å². The van der Waals surface area contributed by atoms with E-state index in [4.69, 9.17) is 0 Å². The molecular weight excluding hydrogens is 388 g/mol. The summed E-state index contributed by atoms with van der Waals surface area (Å²) in [6.07, 6.45) is 3.14. The Balaban J connectivity index is 1.80. The molecule has 0 spiro atoms. The zero-order chi connectivity index (χ0) is 22.5. The van der Waals surface area contributed by atoms with E-state index in [9.17, 15) is 9.59 Å². The highest BCUT2D eigenvalue weighted by Gasteiger charge is 2.34. The van der Waals surface area contributed by atoms with E-state index < -0.39 is 0 Å². The van der Waals surface area contributed by atoms with E-state index in [1.807, 2.05) is 61.9 Å². The smallest absolute Gasteiger partial charge is 0.317 e. The van der Waals surface area contributed by atoms with Gasteiger partial charge in [0.15, 0.2) is 0 Å². The van der Waals surface area contributed by atoms with Crippen LogP contribution in [0, 0.1) is 19.8 Å². The Kier molecular flexibility index (Phi) is 7.31. The highest BCUT2D eigenvalue weighted by Crippen LogP contribution is 2.33. The molecule has 1 unspecified atom stereocenters. The van der Waals surface area contributed by atoms with Crippen LogP contribution in [0.1, 0.15) is 55.1 Å². The van der Waals surface area contributed by atoms with Gasteiger partial charge in [-0.25, -0.2) is 4.79 Å². The number of rotatable bonds is 5. The van der Waals surface area contributed by atoms with Gasteiger partial charge in [-0.1, -0.05) is 30.3 Å². The fourth-order valence-corrected chi connectivity index (χ4v) is 4.30. The molecule has 3 amide bonds. The zero-order valence-corrected chi connectivity index (χ0v) is 19.3. The number of likely N-dealkylation sites (tertiary alicyclic amines) is 1. The standard InChI is InChI=1S/C25H34N4O2/c1-17(2)27-25(31)29-15-12-20(13-16-29)24(30)28(5)23(21-11-7-6-9-18(21)3)22-19(4)10-8-14-26-22/h6-11,14,17,20,23H,12-13,15-16H2,1-5H3,(H,27,31). The number of nitrogens with one attached hydrogen (secondary N) is 1. The van der Waals surface area contributed by atoms with Crippen LogP contribution in [-0.2, 0) is 4.79 Å². The summed E-state index contributed by atoms with van der Waals surface area (Å²) in [7, 11) is 1.88. The van der Waals surface area contributed by atoms with Crippen LogP contribution in [0.2, 0.25) is 0 Å². The minimum atomic E-state index is -0.239. The molecule has 2 aromatic rings. The molecule has 0 aliphatic carbocycles. The van der Waals surface area contributed by atoms with Crippen LogP contribution in [-0.4, -0.2) is 52.9 Å². The molecule has 31 heavy (non-hydrogen) atoms. The maximum Gasteiger partial charge on any atom is 0.317 e. The van der Waals surface area contributed by atoms with E-state index in [1.165, 1.54) is 0 Å². The number of carbonyl (C=O) groups excluding carboxylic acids is 2. The summed E-state index contributed by atoms with van der Waals surface area (Å²) in [6, 6.07) is 12.0. The van der Waals surface area contributed by atoms with Crippen molar-refractivity contribution in [1.29, 1.82) is 0 Å². The number of carbonyl (C=O) groups is 2. The molecule has 1 aromatic heterocycles. The summed E-state index contributed by atoms with van der Waals surface area (Å²) in [5.74, 6) is 0.0193. The van der Waals surface area contributed by atoms with E-state index in [0.717, 1.165) is 22.4 Å². The molecule has 0 saturated carbocycles. The fraction of sp³-hybridized carbons (Fsp3) is 0.480. The van der Waals surface area contributed by atoms with Gasteiger partial charge in [-0.15, -0.1) is 0 Å². The average Bonchev–Trinajstić information content (AvgIpc) is 2.75. The number of piperidine rings is 1. The Labute approximate surface area is 185 Å². The van der Waals surface area contributed by atoms with E-state index in [-0.39, 0.29) is 29.9 Å². The number of hydrogen-bond donors (Lipinski definition) is 1. The summed E-state index contributed by atoms with van der Waals surface area (Å²) in [4.78, 5) is 34.1. The van der Waals surface area contributed by atoms with Crippen molar-refractivity contribution >= 4 is 11.9 Å². The number of aromatic nitrogens is 1. The molecule has 6 nitrogen and oxygen atoms in total. The molecular formula is C25H34N4O2. The van der Waals surface area contributed by atoms with E-state index in [0.29, 0.717) is 25.9 Å². The summed E-state index contributed by atoms with van der Waals surface area (Å²) >= 11 is 0. The number of pyridine rings is 1. The number of nitrogens with zero attached hydrogens (tertiary/aromatic N) is 3. The van der Waals surface area contributed by atoms with Gasteiger partial charge in [-0.2, -0.15) is 0 Å². The molecule has 0 radical (unpaired) electrons. The molecule has 1 N–H and O–H groups in total. The molecule has 1 aliphatic heterocycles. The minimum Gasteiger partial charge on any atom is -0.336 e. The van der Waals surface area contributed by atoms with Crippen molar-refractivity contribution in [3.05, 3.63) is 65.0 Å². The van der Waals surface area contributed by atoms with Gasteiger partial charge in [0.2, 0.25) is 5.91 Å². The topological polar surface area (TPSA) is 65.5 Å². The van der Waals surface area contributed by atoms with Crippen LogP contribution in [0.5, 0.6) is 0 Å². The summed E-state index contributed by atoms with van der Waals surface area (Å²) < 4.78 is 0. The lowest BCUT2D eigenvalue weighted by atomic mass is 9.91. The maximum atomic E-state index is 13.5. The van der Waals surface area contributed by atoms with E-state index in [2.05, 4.69) is 29.4 Å². The Bertz CT molecular complexity index is 874. The SMILES string of the molecule is Cc1ccccc1C(c1ncccc1C)N(C)C(=O)C1CCN(C(=O)NC(C)C)CC1. The van der Waals surface area contributed by atoms with Crippen LogP contribution >= 0.6 is 0 Å². The van der Waals surface area contributed by atoms with Gasteiger partial charge in [-0.3, -0.25) is 9.78 Å². The van der Waals surface area contributed by atoms with Gasteiger partial charge < -0.3 is 15.1 Å². The molecule has 0 bridgehead atoms. The van der Waals surface area contributed by atoms with Gasteiger partial charge in [0.05, 0.1) is 11.7 Å². The van der Waals surface area contributed by atoms with Crippen LogP contribution in [0.4, 0.5) is 4.79 Å². The summed E-state index contributed by atoms with van der Waals surface area (Å²) in [5, 5.41) is 2.94. The van der Waals surface area contributed by atoms with Gasteiger partial charge in [0, 0.05) is 38.3 Å². The quantitative estimate of drug-likeness (QED) is 0.790. The molecule has 1 saturated heterocycles. The maximum absolute atomic E-state index is 13.5. The van der Waals surface area contributed by atoms with Crippen molar-refractivity contribution in [1.82, 2.24) is 20.1 Å². The predicted molar refractivity (Wildman–Crippen MR) is 123 cm³/mol. The van der Waals surface area contributed by atoms with Crippen molar-refractivity contribution in [3.63, 3.8) is 0 Å². The van der Waals surface area contributed by atoms with Gasteiger partial charge in [0.25, 0.3) is 0 Å². The zero-order valence-electron chi connectivity index (χ0n) is 19.3. The predicted octanol–water partition coefficient (Wildman–Crippen LogP) is 4.08. The first-order valence-electron chi connectivity index (χ1n) is 11.1. The second-order valence-electron chi connectivity index (χ2n) is 8.78. The number of benzene rings is 1. The van der Waals surface area contributed by atoms with E-state index in [1.54, 1.807) is 6.20 Å². The van der Waals surface area contributed by atoms with Crippen LogP contribution < -0.4 is 5.32 Å². The van der Waals surface area contributed by atoms with Gasteiger partial charge >= 0.3 is 6.03 Å². The van der Waals surface area contributed by atoms with Crippen LogP contribution in [0.15, 0.2) is 42.6 Å². The third-order valence-corrected chi connectivity index (χ3v) is 6.07. The third-order valence-electron chi connectivity index (χ3n) is 6.07. The highest BCUT2D eigenvalue weighted by atomic mass is 16.2. The number of urea groups is 1. The molecule has 3 rings (SSSR count). The normalized spacial score (nSPS) is 15.6. The second kappa shape index (κ2) is 9.94. The van der Waals surface area contributed by atoms with Gasteiger partial charge in [0.1, 0.15) is 0 Å². The first-order chi connectivity index (χ1) is 14.8. The monoisotopic (exact) mass is 422 g/mol. The lowest BCUT2D eigenvalue weighted by Crippen LogP contribution is -2.49. The summed E-state index contributed by atoms with van der Waals surface area (Å²) in [5.41, 5.74) is 4.20. The van der Waals surface area contributed by atoms with E-state index >= 15 is 0 Å². The third kappa shape index (κ3) is 5.24. The highest BCUT2D eigenvalue weighted by molar-refractivity contribution is 5.80. The molecule has 166 valence electrons. The molecule has 1 aromatic carbocycles. The summed E-state index contributed by atoms with van der Waals surface area (Å²) in [6.45, 7) is 9.21. The molecule has 6 heteroatoms. The first-order valence-corrected chi connectivity index (χ1v) is 11.1. The number of aryl methyl sites for hydroxylation is 2. The second-order valence-corrected chi connectivity index (χ2v) is 8.78. The molecule has 1 aliphatic rings.